The maximum atomic E-state index is 12.4. The Labute approximate surface area is 119 Å². The first kappa shape index (κ1) is 12.3. The Morgan fingerprint density at radius 1 is 1.37 bits per heavy atom. The van der Waals surface area contributed by atoms with E-state index in [0.717, 1.165) is 22.2 Å². The molecular formula is C14H12BrN3O. The molecule has 0 unspecified atom stereocenters. The van der Waals surface area contributed by atoms with Gasteiger partial charge < -0.3 is 4.90 Å². The highest BCUT2D eigenvalue weighted by Gasteiger charge is 2.22. The minimum absolute atomic E-state index is 0.0517. The highest BCUT2D eigenvalue weighted by atomic mass is 79.9. The fourth-order valence-electron chi connectivity index (χ4n) is 2.24. The zero-order valence-corrected chi connectivity index (χ0v) is 11.8. The van der Waals surface area contributed by atoms with Crippen molar-refractivity contribution >= 4 is 21.8 Å². The fraction of sp³-hybridized carbons (Fsp3) is 0.214. The molecule has 1 amide bonds. The highest BCUT2D eigenvalue weighted by Crippen LogP contribution is 2.19. The topological polar surface area (TPSA) is 46.1 Å². The number of benzene rings is 1. The summed E-state index contributed by atoms with van der Waals surface area (Å²) in [5.41, 5.74) is 2.79. The Balaban J connectivity index is 1.83. The molecule has 0 radical (unpaired) electrons. The Hall–Kier alpha value is -1.75. The van der Waals surface area contributed by atoms with Crippen molar-refractivity contribution < 1.29 is 4.79 Å². The third kappa shape index (κ3) is 2.51. The van der Waals surface area contributed by atoms with E-state index in [1.807, 2.05) is 29.2 Å². The minimum atomic E-state index is 0.0517. The second kappa shape index (κ2) is 5.09. The van der Waals surface area contributed by atoms with Gasteiger partial charge in [0.15, 0.2) is 0 Å². The number of hydrogen-bond acceptors (Lipinski definition) is 3. The molecule has 0 saturated heterocycles. The van der Waals surface area contributed by atoms with Crippen LogP contribution in [0.2, 0.25) is 0 Å². The van der Waals surface area contributed by atoms with Crippen LogP contribution in [0.15, 0.2) is 41.3 Å². The van der Waals surface area contributed by atoms with E-state index in [9.17, 15) is 4.79 Å². The van der Waals surface area contributed by atoms with Gasteiger partial charge in [-0.15, -0.1) is 0 Å². The Morgan fingerprint density at radius 3 is 3.11 bits per heavy atom. The normalized spacial score (nSPS) is 14.1. The largest absolute Gasteiger partial charge is 0.334 e. The molecule has 19 heavy (non-hydrogen) atoms. The van der Waals surface area contributed by atoms with Crippen molar-refractivity contribution in [1.82, 2.24) is 14.9 Å². The van der Waals surface area contributed by atoms with Crippen molar-refractivity contribution in [2.24, 2.45) is 0 Å². The number of amides is 1. The molecule has 2 aromatic rings. The summed E-state index contributed by atoms with van der Waals surface area (Å²) in [5.74, 6) is 0.0517. The van der Waals surface area contributed by atoms with Crippen molar-refractivity contribution in [2.45, 2.75) is 13.0 Å². The summed E-state index contributed by atoms with van der Waals surface area (Å²) in [4.78, 5) is 22.5. The maximum absolute atomic E-state index is 12.4. The van der Waals surface area contributed by atoms with Gasteiger partial charge in [-0.1, -0.05) is 22.0 Å². The maximum Gasteiger partial charge on any atom is 0.254 e. The molecule has 0 saturated carbocycles. The predicted molar refractivity (Wildman–Crippen MR) is 74.6 cm³/mol. The summed E-state index contributed by atoms with van der Waals surface area (Å²) < 4.78 is 0.916. The summed E-state index contributed by atoms with van der Waals surface area (Å²) in [6, 6.07) is 7.47. The molecular weight excluding hydrogens is 306 g/mol. The van der Waals surface area contributed by atoms with Crippen LogP contribution < -0.4 is 0 Å². The van der Waals surface area contributed by atoms with E-state index in [1.54, 1.807) is 12.5 Å². The van der Waals surface area contributed by atoms with Gasteiger partial charge in [0.05, 0.1) is 5.69 Å². The fourth-order valence-corrected chi connectivity index (χ4v) is 2.64. The first-order chi connectivity index (χ1) is 9.24. The van der Waals surface area contributed by atoms with Crippen LogP contribution in [-0.2, 0) is 13.0 Å². The third-order valence-corrected chi connectivity index (χ3v) is 3.71. The van der Waals surface area contributed by atoms with E-state index in [1.165, 1.54) is 0 Å². The number of halogens is 1. The van der Waals surface area contributed by atoms with Gasteiger partial charge in [0.2, 0.25) is 0 Å². The minimum Gasteiger partial charge on any atom is -0.334 e. The Bertz CT molecular complexity index is 630. The van der Waals surface area contributed by atoms with Crippen LogP contribution in [0.5, 0.6) is 0 Å². The van der Waals surface area contributed by atoms with E-state index in [2.05, 4.69) is 25.9 Å². The van der Waals surface area contributed by atoms with Crippen molar-refractivity contribution in [2.75, 3.05) is 6.54 Å². The van der Waals surface area contributed by atoms with Gasteiger partial charge in [0, 0.05) is 41.3 Å². The second-order valence-electron chi connectivity index (χ2n) is 4.48. The van der Waals surface area contributed by atoms with E-state index >= 15 is 0 Å². The molecule has 0 atom stereocenters. The molecule has 2 heterocycles. The van der Waals surface area contributed by atoms with Crippen LogP contribution in [0.3, 0.4) is 0 Å². The summed E-state index contributed by atoms with van der Waals surface area (Å²) in [6.07, 6.45) is 4.14. The van der Waals surface area contributed by atoms with Gasteiger partial charge >= 0.3 is 0 Å². The SMILES string of the molecule is O=C(c1cccc(Br)c1)N1CCc2ncncc2C1. The molecule has 0 N–H and O–H groups in total. The monoisotopic (exact) mass is 317 g/mol. The molecule has 3 rings (SSSR count). The van der Waals surface area contributed by atoms with E-state index in [4.69, 9.17) is 0 Å². The number of hydrogen-bond donors (Lipinski definition) is 0. The zero-order valence-electron chi connectivity index (χ0n) is 10.2. The third-order valence-electron chi connectivity index (χ3n) is 3.22. The van der Waals surface area contributed by atoms with Crippen LogP contribution in [0.25, 0.3) is 0 Å². The van der Waals surface area contributed by atoms with Crippen molar-refractivity contribution in [3.63, 3.8) is 0 Å². The van der Waals surface area contributed by atoms with Crippen molar-refractivity contribution in [3.8, 4) is 0 Å². The lowest BCUT2D eigenvalue weighted by Gasteiger charge is -2.27. The summed E-state index contributed by atoms with van der Waals surface area (Å²) >= 11 is 3.39. The summed E-state index contributed by atoms with van der Waals surface area (Å²) in [7, 11) is 0. The molecule has 0 fully saturated rings. The number of nitrogens with zero attached hydrogens (tertiary/aromatic N) is 3. The smallest absolute Gasteiger partial charge is 0.254 e. The molecule has 4 nitrogen and oxygen atoms in total. The Morgan fingerprint density at radius 2 is 2.26 bits per heavy atom. The summed E-state index contributed by atoms with van der Waals surface area (Å²) in [6.45, 7) is 1.29. The predicted octanol–water partition coefficient (Wildman–Crippen LogP) is 2.44. The van der Waals surface area contributed by atoms with E-state index < -0.39 is 0 Å². The average Bonchev–Trinajstić information content (AvgIpc) is 2.46. The molecule has 0 bridgehead atoms. The zero-order chi connectivity index (χ0) is 13.2. The first-order valence-corrected chi connectivity index (χ1v) is 6.86. The number of aromatic nitrogens is 2. The lowest BCUT2D eigenvalue weighted by Crippen LogP contribution is -2.36. The van der Waals surface area contributed by atoms with Gasteiger partial charge in [0.25, 0.3) is 5.91 Å². The van der Waals surface area contributed by atoms with Crippen LogP contribution in [0, 0.1) is 0 Å². The van der Waals surface area contributed by atoms with Gasteiger partial charge in [-0.3, -0.25) is 4.79 Å². The number of carbonyl (C=O) groups excluding carboxylic acids is 1. The number of rotatable bonds is 1. The summed E-state index contributed by atoms with van der Waals surface area (Å²) in [5, 5.41) is 0. The van der Waals surface area contributed by atoms with Crippen molar-refractivity contribution in [1.29, 1.82) is 0 Å². The van der Waals surface area contributed by atoms with Gasteiger partial charge in [-0.05, 0) is 18.2 Å². The molecule has 96 valence electrons. The van der Waals surface area contributed by atoms with Gasteiger partial charge in [-0.2, -0.15) is 0 Å². The quantitative estimate of drug-likeness (QED) is 0.811. The highest BCUT2D eigenvalue weighted by molar-refractivity contribution is 9.10. The van der Waals surface area contributed by atoms with E-state index in [0.29, 0.717) is 18.7 Å². The standard InChI is InChI=1S/C14H12BrN3O/c15-12-3-1-2-10(6-12)14(19)18-5-4-13-11(8-18)7-16-9-17-13/h1-3,6-7,9H,4-5,8H2. The van der Waals surface area contributed by atoms with E-state index in [-0.39, 0.29) is 5.91 Å². The molecule has 0 spiro atoms. The van der Waals surface area contributed by atoms with Crippen LogP contribution in [0.1, 0.15) is 21.6 Å². The van der Waals surface area contributed by atoms with Crippen LogP contribution in [-0.4, -0.2) is 27.3 Å². The van der Waals surface area contributed by atoms with Crippen LogP contribution >= 0.6 is 15.9 Å². The van der Waals surface area contributed by atoms with Crippen molar-refractivity contribution in [3.05, 3.63) is 58.1 Å². The second-order valence-corrected chi connectivity index (χ2v) is 5.40. The lowest BCUT2D eigenvalue weighted by molar-refractivity contribution is 0.0733. The molecule has 1 aliphatic heterocycles. The molecule has 1 aromatic heterocycles. The van der Waals surface area contributed by atoms with Gasteiger partial charge in [-0.25, -0.2) is 9.97 Å². The average molecular weight is 318 g/mol. The van der Waals surface area contributed by atoms with Gasteiger partial charge in [0.1, 0.15) is 6.33 Å². The first-order valence-electron chi connectivity index (χ1n) is 6.06. The number of carbonyl (C=O) groups is 1. The Kier molecular flexibility index (Phi) is 3.29. The lowest BCUT2D eigenvalue weighted by atomic mass is 10.1. The molecule has 5 heteroatoms. The molecule has 1 aliphatic rings. The molecule has 0 aliphatic carbocycles. The van der Waals surface area contributed by atoms with Crippen LogP contribution in [0.4, 0.5) is 0 Å². The molecule has 1 aromatic carbocycles. The number of fused-ring (bicyclic) bond motifs is 1.